The predicted octanol–water partition coefficient (Wildman–Crippen LogP) is 0.109. The van der Waals surface area contributed by atoms with Crippen molar-refractivity contribution in [2.45, 2.75) is 70.4 Å². The average Bonchev–Trinajstić information content (AvgIpc) is 3.21. The first kappa shape index (κ1) is 39.8. The van der Waals surface area contributed by atoms with Crippen LogP contribution >= 0.6 is 0 Å². The predicted molar refractivity (Wildman–Crippen MR) is 207 cm³/mol. The molecule has 21 heteroatoms. The third-order valence-corrected chi connectivity index (χ3v) is 10.9. The Morgan fingerprint density at radius 2 is 1.53 bits per heavy atom. The highest BCUT2D eigenvalue weighted by Crippen LogP contribution is 2.43. The molecule has 4 amide bonds. The van der Waals surface area contributed by atoms with Gasteiger partial charge >= 0.3 is 5.69 Å². The Bertz CT molecular complexity index is 2390. The van der Waals surface area contributed by atoms with Gasteiger partial charge in [0.1, 0.15) is 17.8 Å². The molecule has 2 aliphatic heterocycles. The lowest BCUT2D eigenvalue weighted by Crippen LogP contribution is -2.71. The molecule has 4 atom stereocenters. The van der Waals surface area contributed by atoms with Crippen molar-refractivity contribution in [3.05, 3.63) is 66.9 Å². The summed E-state index contributed by atoms with van der Waals surface area (Å²) in [5, 5.41) is 52.0. The summed E-state index contributed by atoms with van der Waals surface area (Å²) in [7, 11) is 1.58. The lowest BCUT2D eigenvalue weighted by atomic mass is 9.90. The van der Waals surface area contributed by atoms with E-state index in [-0.39, 0.29) is 60.5 Å². The van der Waals surface area contributed by atoms with E-state index in [1.54, 1.807) is 20.2 Å². The van der Waals surface area contributed by atoms with Crippen LogP contribution in [0.5, 0.6) is 5.75 Å². The molecule has 1 aromatic carbocycles. The number of carbonyl (C=O) groups excluding carboxylic acids is 4. The summed E-state index contributed by atoms with van der Waals surface area (Å²) >= 11 is 0. The van der Waals surface area contributed by atoms with Crippen LogP contribution in [-0.4, -0.2) is 116 Å². The van der Waals surface area contributed by atoms with Crippen LogP contribution in [0.4, 0.5) is 11.4 Å². The van der Waals surface area contributed by atoms with Crippen molar-refractivity contribution in [1.29, 1.82) is 0 Å². The molecule has 7 rings (SSSR count). The minimum atomic E-state index is -0.902. The number of aryl methyl sites for hydroxylation is 3. The maximum Gasteiger partial charge on any atom is 0.319 e. The molecule has 2 saturated heterocycles. The van der Waals surface area contributed by atoms with Gasteiger partial charge in [0.05, 0.1) is 51.2 Å². The van der Waals surface area contributed by atoms with Crippen molar-refractivity contribution in [3.8, 4) is 17.1 Å². The van der Waals surface area contributed by atoms with E-state index in [1.165, 1.54) is 6.07 Å². The summed E-state index contributed by atoms with van der Waals surface area (Å²) in [6.07, 6.45) is 3.37. The maximum atomic E-state index is 13.0. The molecule has 0 spiro atoms. The molecule has 2 fully saturated rings. The van der Waals surface area contributed by atoms with Crippen LogP contribution in [-0.2, 0) is 38.4 Å². The Balaban J connectivity index is 0.939. The van der Waals surface area contributed by atoms with Crippen molar-refractivity contribution in [2.75, 3.05) is 33.2 Å². The molecule has 1 aliphatic carbocycles. The number of amides is 4. The lowest BCUT2D eigenvalue weighted by Gasteiger charge is -2.45. The van der Waals surface area contributed by atoms with E-state index in [1.807, 2.05) is 13.0 Å². The fraction of sp³-hybridized carbons (Fsp3) is 0.432. The van der Waals surface area contributed by atoms with Crippen LogP contribution in [0, 0.1) is 27.2 Å². The zero-order chi connectivity index (χ0) is 41.4. The van der Waals surface area contributed by atoms with E-state index in [0.717, 1.165) is 17.2 Å². The van der Waals surface area contributed by atoms with Crippen LogP contribution in [0.1, 0.15) is 42.0 Å². The lowest BCUT2D eigenvalue weighted by molar-refractivity contribution is -0.393. The van der Waals surface area contributed by atoms with Crippen LogP contribution in [0.2, 0.25) is 0 Å². The van der Waals surface area contributed by atoms with Gasteiger partial charge in [-0.15, -0.1) is 0 Å². The number of nitro groups is 2. The standard InChI is InChI=1S/C37H42N12O9/c1-17-21(14-28(50)39-8-9-40-34(52)18(2)42-36(54)25-7-11-47-10-6-24(35(53)38-3)43-37(47)44-25)16-41-33-22(17)12-19-4-5-20-13-23-26(48(55)56)15-27(49(57)58)32(51)31(23)45-29(20)30(19)46-33/h12-13,15-16,18,24-25,37,43-44,51H,4-11,14H2,1-3H3,(H,38,53)(H,39,50)(H,40,52)(H,42,54). The van der Waals surface area contributed by atoms with Crippen LogP contribution < -0.4 is 31.9 Å². The highest BCUT2D eigenvalue weighted by atomic mass is 16.6. The molecule has 21 nitrogen and oxygen atoms in total. The fourth-order valence-corrected chi connectivity index (χ4v) is 7.69. The molecular formula is C37H42N12O9. The summed E-state index contributed by atoms with van der Waals surface area (Å²) in [5.41, 5.74) is 2.34. The third-order valence-electron chi connectivity index (χ3n) is 10.9. The first-order valence-electron chi connectivity index (χ1n) is 18.8. The Morgan fingerprint density at radius 1 is 0.914 bits per heavy atom. The molecule has 5 heterocycles. The molecular weight excluding hydrogens is 756 g/mol. The van der Waals surface area contributed by atoms with Crippen LogP contribution in [0.15, 0.2) is 24.4 Å². The third kappa shape index (κ3) is 7.78. The quantitative estimate of drug-likeness (QED) is 0.0602. The molecule has 3 aliphatic rings. The summed E-state index contributed by atoms with van der Waals surface area (Å²) < 4.78 is 0. The van der Waals surface area contributed by atoms with Gasteiger partial charge in [0.15, 0.2) is 5.65 Å². The molecule has 304 valence electrons. The second-order valence-electron chi connectivity index (χ2n) is 14.6. The molecule has 0 bridgehead atoms. The van der Waals surface area contributed by atoms with Gasteiger partial charge in [-0.2, -0.15) is 0 Å². The van der Waals surface area contributed by atoms with Gasteiger partial charge < -0.3 is 26.4 Å². The van der Waals surface area contributed by atoms with E-state index in [0.29, 0.717) is 72.3 Å². The van der Waals surface area contributed by atoms with Crippen molar-refractivity contribution < 1.29 is 34.1 Å². The first-order valence-corrected chi connectivity index (χ1v) is 18.8. The summed E-state index contributed by atoms with van der Waals surface area (Å²) in [4.78, 5) is 88.3. The van der Waals surface area contributed by atoms with Gasteiger partial charge in [-0.05, 0) is 73.9 Å². The number of phenols is 1. The minimum Gasteiger partial charge on any atom is -0.501 e. The number of phenolic OH excluding ortho intramolecular Hbond substituents is 1. The average molecular weight is 799 g/mol. The molecule has 0 radical (unpaired) electrons. The number of aromatic hydroxyl groups is 1. The van der Waals surface area contributed by atoms with Crippen molar-refractivity contribution >= 4 is 56.9 Å². The smallest absolute Gasteiger partial charge is 0.319 e. The van der Waals surface area contributed by atoms with Gasteiger partial charge in [0, 0.05) is 44.8 Å². The monoisotopic (exact) mass is 798 g/mol. The van der Waals surface area contributed by atoms with Gasteiger partial charge in [0.25, 0.3) is 5.69 Å². The Labute approximate surface area is 330 Å². The number of carbonyl (C=O) groups is 4. The largest absolute Gasteiger partial charge is 0.501 e. The fourth-order valence-electron chi connectivity index (χ4n) is 7.69. The Hall–Kier alpha value is -6.45. The van der Waals surface area contributed by atoms with E-state index < -0.39 is 45.0 Å². The Kier molecular flexibility index (Phi) is 11.1. The number of rotatable bonds is 11. The van der Waals surface area contributed by atoms with Gasteiger partial charge in [-0.25, -0.2) is 15.0 Å². The van der Waals surface area contributed by atoms with Crippen molar-refractivity contribution in [3.63, 3.8) is 0 Å². The van der Waals surface area contributed by atoms with Gasteiger partial charge in [0.2, 0.25) is 29.4 Å². The van der Waals surface area contributed by atoms with E-state index in [2.05, 4.69) is 46.8 Å². The molecule has 0 saturated carbocycles. The summed E-state index contributed by atoms with van der Waals surface area (Å²) in [6, 6.07) is 2.40. The molecule has 4 unspecified atom stereocenters. The summed E-state index contributed by atoms with van der Waals surface area (Å²) in [6.45, 7) is 5.06. The number of pyridine rings is 3. The second kappa shape index (κ2) is 16.2. The van der Waals surface area contributed by atoms with E-state index in [4.69, 9.17) is 4.98 Å². The van der Waals surface area contributed by atoms with Gasteiger partial charge in [-0.1, -0.05) is 0 Å². The number of fused-ring (bicyclic) bond motifs is 6. The highest BCUT2D eigenvalue weighted by Gasteiger charge is 2.38. The number of nitro benzene ring substituents is 2. The number of nitrogens with zero attached hydrogens (tertiary/aromatic N) is 6. The Morgan fingerprint density at radius 3 is 2.19 bits per heavy atom. The van der Waals surface area contributed by atoms with E-state index >= 15 is 0 Å². The normalized spacial score (nSPS) is 19.3. The number of hydrogen-bond donors (Lipinski definition) is 7. The molecule has 4 aromatic rings. The number of non-ortho nitro benzene ring substituents is 1. The van der Waals surface area contributed by atoms with Gasteiger partial charge in [-0.3, -0.25) is 54.9 Å². The number of aromatic nitrogens is 3. The maximum absolute atomic E-state index is 13.0. The highest BCUT2D eigenvalue weighted by molar-refractivity contribution is 5.98. The number of likely N-dealkylation sites (N-methyl/N-ethyl adjacent to an activating group) is 1. The zero-order valence-electron chi connectivity index (χ0n) is 31.9. The molecule has 58 heavy (non-hydrogen) atoms. The topological polar surface area (TPSA) is 289 Å². The molecule has 3 aromatic heterocycles. The van der Waals surface area contributed by atoms with Crippen molar-refractivity contribution in [2.24, 2.45) is 0 Å². The van der Waals surface area contributed by atoms with E-state index in [9.17, 15) is 44.5 Å². The minimum absolute atomic E-state index is 0.00497. The first-order chi connectivity index (χ1) is 27.7. The van der Waals surface area contributed by atoms with Crippen LogP contribution in [0.25, 0.3) is 33.3 Å². The number of hydrogen-bond acceptors (Lipinski definition) is 15. The summed E-state index contributed by atoms with van der Waals surface area (Å²) in [5.74, 6) is -1.93. The van der Waals surface area contributed by atoms with Crippen molar-refractivity contribution in [1.82, 2.24) is 51.8 Å². The number of benzene rings is 1. The number of nitrogens with one attached hydrogen (secondary N) is 6. The molecule has 7 N–H and O–H groups in total. The SMILES string of the molecule is CNC(=O)C1CCN2CCC(C(=O)NC(C)C(=O)NCCNC(=O)Cc3cnc4nc5c(cc4c3C)CCc3cc4c([N+](=O)[O-])cc([N+](=O)[O-])c(O)c4nc3-5)NC2N1. The zero-order valence-corrected chi connectivity index (χ0v) is 31.9. The van der Waals surface area contributed by atoms with Crippen LogP contribution in [0.3, 0.4) is 0 Å². The second-order valence-corrected chi connectivity index (χ2v) is 14.6.